The van der Waals surface area contributed by atoms with Crippen LogP contribution < -0.4 is 5.32 Å². The largest absolute Gasteiger partial charge is 0.457 e. The van der Waals surface area contributed by atoms with Gasteiger partial charge in [0.1, 0.15) is 6.10 Å². The highest BCUT2D eigenvalue weighted by atomic mass is 16.5. The normalized spacial score (nSPS) is 35.1. The number of nitrogens with zero attached hydrogens (tertiary/aromatic N) is 2. The minimum atomic E-state index is -0.373. The Morgan fingerprint density at radius 1 is 0.854 bits per heavy atom. The van der Waals surface area contributed by atoms with Gasteiger partial charge in [0.2, 0.25) is 0 Å². The van der Waals surface area contributed by atoms with E-state index < -0.39 is 0 Å². The highest BCUT2D eigenvalue weighted by Gasteiger charge is 2.33. The van der Waals surface area contributed by atoms with E-state index >= 15 is 0 Å². The number of cyclic esters (lactones) is 1. The van der Waals surface area contributed by atoms with Crippen molar-refractivity contribution in [3.05, 3.63) is 48.1 Å². The van der Waals surface area contributed by atoms with Crippen molar-refractivity contribution >= 4 is 12.0 Å². The average Bonchev–Trinajstić information content (AvgIpc) is 3.09. The Hall–Kier alpha value is -2.42. The summed E-state index contributed by atoms with van der Waals surface area (Å²) >= 11 is 0. The molecule has 7 atom stereocenters. The van der Waals surface area contributed by atoms with Crippen molar-refractivity contribution in [3.63, 3.8) is 0 Å². The van der Waals surface area contributed by atoms with Crippen LogP contribution in [0.5, 0.6) is 0 Å². The lowest BCUT2D eigenvalue weighted by Gasteiger charge is -2.40. The lowest BCUT2D eigenvalue weighted by molar-refractivity contribution is -0.154. The molecular formula is C40H63N3O5. The molecule has 5 aliphatic heterocycles. The van der Waals surface area contributed by atoms with Crippen molar-refractivity contribution in [2.75, 3.05) is 32.7 Å². The van der Waals surface area contributed by atoms with Crippen LogP contribution in [0.2, 0.25) is 0 Å². The first-order chi connectivity index (χ1) is 23.4. The van der Waals surface area contributed by atoms with E-state index in [0.717, 1.165) is 70.9 Å². The zero-order valence-corrected chi connectivity index (χ0v) is 30.0. The molecule has 8 nitrogen and oxygen atoms in total. The molecule has 4 bridgehead atoms. The van der Waals surface area contributed by atoms with Crippen molar-refractivity contribution in [1.29, 1.82) is 0 Å². The van der Waals surface area contributed by atoms with E-state index in [1.807, 2.05) is 23.1 Å². The van der Waals surface area contributed by atoms with Crippen LogP contribution in [0.1, 0.15) is 111 Å². The number of ether oxygens (including phenoxy) is 3. The third kappa shape index (κ3) is 11.6. The molecule has 8 heteroatoms. The summed E-state index contributed by atoms with van der Waals surface area (Å²) in [6.45, 7) is 11.2. The van der Waals surface area contributed by atoms with Crippen molar-refractivity contribution in [3.8, 4) is 0 Å². The van der Waals surface area contributed by atoms with Crippen LogP contribution in [0.25, 0.3) is 0 Å². The van der Waals surface area contributed by atoms with E-state index in [0.29, 0.717) is 18.5 Å². The van der Waals surface area contributed by atoms with Gasteiger partial charge in [0.15, 0.2) is 0 Å². The van der Waals surface area contributed by atoms with E-state index in [4.69, 9.17) is 14.2 Å². The first-order valence-electron chi connectivity index (χ1n) is 19.3. The van der Waals surface area contributed by atoms with Gasteiger partial charge in [-0.15, -0.1) is 0 Å². The summed E-state index contributed by atoms with van der Waals surface area (Å²) in [7, 11) is 0. The second kappa shape index (κ2) is 19.1. The minimum Gasteiger partial charge on any atom is -0.457 e. The maximum Gasteiger partial charge on any atom is 0.317 e. The van der Waals surface area contributed by atoms with Gasteiger partial charge < -0.3 is 29.3 Å². The van der Waals surface area contributed by atoms with Crippen LogP contribution in [0.3, 0.4) is 0 Å². The number of allylic oxidation sites excluding steroid dienone is 4. The van der Waals surface area contributed by atoms with Crippen LogP contribution in [-0.4, -0.2) is 91.1 Å². The van der Waals surface area contributed by atoms with Gasteiger partial charge in [-0.05, 0) is 103 Å². The molecule has 4 saturated heterocycles. The van der Waals surface area contributed by atoms with Crippen LogP contribution in [0, 0.1) is 11.8 Å². The highest BCUT2D eigenvalue weighted by molar-refractivity contribution is 5.74. The summed E-state index contributed by atoms with van der Waals surface area (Å²) in [4.78, 5) is 30.6. The Kier molecular flexibility index (Phi) is 14.7. The van der Waals surface area contributed by atoms with Crippen molar-refractivity contribution < 1.29 is 23.8 Å². The Balaban J connectivity index is 1.11. The number of fused-ring (bicyclic) bond motifs is 4. The number of nitrogens with one attached hydrogen (secondary N) is 1. The lowest BCUT2D eigenvalue weighted by Crippen LogP contribution is -2.50. The second-order valence-corrected chi connectivity index (χ2v) is 15.0. The molecule has 7 unspecified atom stereocenters. The first-order valence-corrected chi connectivity index (χ1v) is 19.3. The molecule has 0 aromatic carbocycles. The van der Waals surface area contributed by atoms with Gasteiger partial charge in [-0.25, -0.2) is 4.79 Å². The first kappa shape index (κ1) is 36.9. The third-order valence-corrected chi connectivity index (χ3v) is 11.1. The maximum atomic E-state index is 13.3. The lowest BCUT2D eigenvalue weighted by atomic mass is 9.90. The van der Waals surface area contributed by atoms with Gasteiger partial charge in [-0.2, -0.15) is 0 Å². The van der Waals surface area contributed by atoms with E-state index in [9.17, 15) is 9.59 Å². The zero-order chi connectivity index (χ0) is 33.7. The number of hydrogen-bond acceptors (Lipinski definition) is 6. The molecule has 48 heavy (non-hydrogen) atoms. The van der Waals surface area contributed by atoms with Crippen LogP contribution in [-0.2, 0) is 19.0 Å². The number of rotatable bonds is 6. The topological polar surface area (TPSA) is 80.3 Å². The zero-order valence-electron chi connectivity index (χ0n) is 30.0. The van der Waals surface area contributed by atoms with Gasteiger partial charge in [-0.3, -0.25) is 4.79 Å². The van der Waals surface area contributed by atoms with Crippen molar-refractivity contribution in [2.24, 2.45) is 11.8 Å². The molecule has 0 spiro atoms. The van der Waals surface area contributed by atoms with Gasteiger partial charge in [0.25, 0.3) is 0 Å². The Labute approximate surface area is 290 Å². The fourth-order valence-corrected chi connectivity index (χ4v) is 8.27. The number of carbonyl (C=O) groups excluding carboxylic acids is 2. The Bertz CT molecular complexity index is 1140. The van der Waals surface area contributed by atoms with Crippen molar-refractivity contribution in [2.45, 2.75) is 147 Å². The number of urea groups is 1. The summed E-state index contributed by atoms with van der Waals surface area (Å²) in [5.41, 5.74) is 1.36. The smallest absolute Gasteiger partial charge is 0.317 e. The fraction of sp³-hybridized carbons (Fsp3) is 0.750. The molecule has 5 aliphatic rings. The molecule has 4 fully saturated rings. The van der Waals surface area contributed by atoms with E-state index in [-0.39, 0.29) is 54.9 Å². The summed E-state index contributed by atoms with van der Waals surface area (Å²) in [5, 5.41) is 3.09. The average molecular weight is 666 g/mol. The minimum absolute atomic E-state index is 0.0263. The molecule has 0 radical (unpaired) electrons. The number of hydrogen-bond donors (Lipinski definition) is 1. The molecule has 2 amide bonds. The van der Waals surface area contributed by atoms with E-state index in [1.165, 1.54) is 44.3 Å². The van der Waals surface area contributed by atoms with Gasteiger partial charge >= 0.3 is 12.0 Å². The summed E-state index contributed by atoms with van der Waals surface area (Å²) in [6, 6.07) is 0.690. The van der Waals surface area contributed by atoms with Crippen molar-refractivity contribution in [1.82, 2.24) is 15.1 Å². The predicted octanol–water partition coefficient (Wildman–Crippen LogP) is 7.50. The predicted molar refractivity (Wildman–Crippen MR) is 192 cm³/mol. The fourth-order valence-electron chi connectivity index (χ4n) is 8.27. The molecule has 268 valence electrons. The second-order valence-electron chi connectivity index (χ2n) is 15.0. The maximum absolute atomic E-state index is 13.3. The Morgan fingerprint density at radius 3 is 2.35 bits per heavy atom. The van der Waals surface area contributed by atoms with Crippen LogP contribution in [0.4, 0.5) is 4.79 Å². The molecule has 0 aromatic rings. The number of likely N-dealkylation sites (tertiary alicyclic amines) is 2. The van der Waals surface area contributed by atoms with E-state index in [1.54, 1.807) is 0 Å². The number of esters is 1. The SMILES string of the molecule is C/C=C1\CC2CC(=O)OC(/C=C/C=C\CCNC(=O)N3CCC(N4CCCCC4)CC3)C(C)/C=C/C(C)CC3CCCC(CC(C1)O2)O3. The standard InChI is InChI=1S/C40H63N3O5/c1-4-32-26-36-28-35-14-12-13-34(46-35)25-30(2)16-17-31(3)38(48-39(44)29-37(27-32)47-36)15-8-5-6-9-20-41-40(45)43-23-18-33(19-24-43)42-21-10-7-11-22-42/h4-6,8,15-17,30-31,33-38H,7,9-14,18-29H2,1-3H3,(H,41,45)/b6-5-,15-8+,17-16+,32-4-. The van der Waals surface area contributed by atoms with Gasteiger partial charge in [0, 0.05) is 38.0 Å². The summed E-state index contributed by atoms with van der Waals surface area (Å²) in [6.07, 6.45) is 28.9. The van der Waals surface area contributed by atoms with Gasteiger partial charge in [-0.1, -0.05) is 62.3 Å². The quantitative estimate of drug-likeness (QED) is 0.137. The molecule has 5 heterocycles. The molecule has 0 aliphatic carbocycles. The summed E-state index contributed by atoms with van der Waals surface area (Å²) in [5.74, 6) is 0.190. The molecule has 5 rings (SSSR count). The van der Waals surface area contributed by atoms with Crippen LogP contribution in [0.15, 0.2) is 48.1 Å². The monoisotopic (exact) mass is 665 g/mol. The third-order valence-electron chi connectivity index (χ3n) is 11.1. The molecule has 1 N–H and O–H groups in total. The van der Waals surface area contributed by atoms with E-state index in [2.05, 4.69) is 55.3 Å². The number of amides is 2. The Morgan fingerprint density at radius 2 is 1.58 bits per heavy atom. The highest BCUT2D eigenvalue weighted by Crippen LogP contribution is 2.33. The van der Waals surface area contributed by atoms with Gasteiger partial charge in [0.05, 0.1) is 30.8 Å². The molecule has 0 saturated carbocycles. The van der Waals surface area contributed by atoms with Crippen LogP contribution >= 0.6 is 0 Å². The molecule has 0 aromatic heterocycles. The number of piperidine rings is 2. The number of carbonyl (C=O) groups is 2. The molecular weight excluding hydrogens is 602 g/mol. The summed E-state index contributed by atoms with van der Waals surface area (Å²) < 4.78 is 19.2.